The third-order valence-electron chi connectivity index (χ3n) is 6.38. The van der Waals surface area contributed by atoms with Gasteiger partial charge in [0.1, 0.15) is 5.69 Å². The number of nitrogens with one attached hydrogen (secondary N) is 1. The number of hydrogen-bond donors (Lipinski definition) is 1. The van der Waals surface area contributed by atoms with Gasteiger partial charge in [-0.15, -0.1) is 11.3 Å². The van der Waals surface area contributed by atoms with Gasteiger partial charge >= 0.3 is 0 Å². The molecule has 0 radical (unpaired) electrons. The van der Waals surface area contributed by atoms with Gasteiger partial charge in [-0.2, -0.15) is 0 Å². The summed E-state index contributed by atoms with van der Waals surface area (Å²) in [7, 11) is 0. The van der Waals surface area contributed by atoms with Gasteiger partial charge in [0, 0.05) is 16.1 Å². The van der Waals surface area contributed by atoms with Crippen LogP contribution in [0.15, 0.2) is 35.3 Å². The van der Waals surface area contributed by atoms with Crippen molar-refractivity contribution in [2.24, 2.45) is 11.3 Å². The lowest BCUT2D eigenvalue weighted by atomic mass is 9.73. The highest BCUT2D eigenvalue weighted by atomic mass is 32.1. The summed E-state index contributed by atoms with van der Waals surface area (Å²) >= 11 is 1.60. The van der Waals surface area contributed by atoms with Crippen LogP contribution in [0.25, 0.3) is 4.96 Å². The zero-order valence-corrected chi connectivity index (χ0v) is 20.0. The number of aromatic nitrogens is 2. The number of carbonyl (C=O) groups excluding carboxylic acids is 1. The van der Waals surface area contributed by atoms with Crippen LogP contribution in [0.5, 0.6) is 0 Å². The summed E-state index contributed by atoms with van der Waals surface area (Å²) in [6.07, 6.45) is 4.40. The van der Waals surface area contributed by atoms with Crippen LogP contribution in [0, 0.1) is 11.3 Å². The summed E-state index contributed by atoms with van der Waals surface area (Å²) in [5.74, 6) is 0.301. The maximum absolute atomic E-state index is 13.2. The average molecular weight is 438 g/mol. The van der Waals surface area contributed by atoms with Crippen molar-refractivity contribution in [3.05, 3.63) is 62.5 Å². The normalized spacial score (nSPS) is 16.9. The lowest BCUT2D eigenvalue weighted by Crippen LogP contribution is -2.28. The summed E-state index contributed by atoms with van der Waals surface area (Å²) in [6.45, 7) is 13.2. The number of anilines is 1. The molecule has 4 rings (SSSR count). The van der Waals surface area contributed by atoms with E-state index in [4.69, 9.17) is 0 Å². The molecule has 1 aliphatic carbocycles. The highest BCUT2D eigenvalue weighted by molar-refractivity contribution is 7.17. The van der Waals surface area contributed by atoms with Gasteiger partial charge in [-0.3, -0.25) is 14.0 Å². The van der Waals surface area contributed by atoms with Crippen LogP contribution in [0.3, 0.4) is 0 Å². The van der Waals surface area contributed by atoms with E-state index in [-0.39, 0.29) is 28.0 Å². The molecule has 0 aliphatic heterocycles. The SMILES string of the molecule is CC(C)(C)c1ccc(C(=O)Nc2cnc3sc4c(n3c2=O)CC[C@H](C(C)(C)C)C4)cc1. The van der Waals surface area contributed by atoms with Crippen LogP contribution in [-0.2, 0) is 18.3 Å². The molecule has 0 fully saturated rings. The van der Waals surface area contributed by atoms with E-state index >= 15 is 0 Å². The van der Waals surface area contributed by atoms with Crippen molar-refractivity contribution >= 4 is 27.9 Å². The first-order valence-electron chi connectivity index (χ1n) is 10.9. The number of fused-ring (bicyclic) bond motifs is 3. The lowest BCUT2D eigenvalue weighted by Gasteiger charge is -2.33. The molecule has 0 saturated carbocycles. The number of hydrogen-bond acceptors (Lipinski definition) is 4. The Hall–Kier alpha value is -2.47. The summed E-state index contributed by atoms with van der Waals surface area (Å²) < 4.78 is 1.71. The minimum absolute atomic E-state index is 0.0207. The van der Waals surface area contributed by atoms with Gasteiger partial charge in [-0.1, -0.05) is 53.7 Å². The number of benzene rings is 1. The monoisotopic (exact) mass is 437 g/mol. The molecule has 3 aromatic rings. The molecule has 1 amide bonds. The second kappa shape index (κ2) is 7.59. The fraction of sp³-hybridized carbons (Fsp3) is 0.480. The Kier molecular flexibility index (Phi) is 5.32. The van der Waals surface area contributed by atoms with Gasteiger partial charge in [0.15, 0.2) is 4.96 Å². The number of amides is 1. The number of aryl methyl sites for hydroxylation is 1. The molecule has 6 heteroatoms. The summed E-state index contributed by atoms with van der Waals surface area (Å²) in [4.78, 5) is 32.4. The third kappa shape index (κ3) is 4.18. The molecule has 1 aliphatic rings. The van der Waals surface area contributed by atoms with E-state index in [9.17, 15) is 9.59 Å². The maximum Gasteiger partial charge on any atom is 0.282 e. The smallest absolute Gasteiger partial charge is 0.282 e. The number of rotatable bonds is 2. The molecule has 1 atom stereocenters. The van der Waals surface area contributed by atoms with Gasteiger partial charge in [-0.25, -0.2) is 4.98 Å². The van der Waals surface area contributed by atoms with Gasteiger partial charge in [-0.05, 0) is 53.7 Å². The largest absolute Gasteiger partial charge is 0.316 e. The van der Waals surface area contributed by atoms with Crippen molar-refractivity contribution < 1.29 is 4.79 Å². The third-order valence-corrected chi connectivity index (χ3v) is 7.50. The average Bonchev–Trinajstić information content (AvgIpc) is 3.07. The van der Waals surface area contributed by atoms with Crippen molar-refractivity contribution in [1.29, 1.82) is 0 Å². The number of carbonyl (C=O) groups is 1. The zero-order valence-electron chi connectivity index (χ0n) is 19.2. The zero-order chi connectivity index (χ0) is 22.6. The minimum Gasteiger partial charge on any atom is -0.316 e. The maximum atomic E-state index is 13.2. The molecular formula is C25H31N3O2S. The predicted octanol–water partition coefficient (Wildman–Crippen LogP) is 5.46. The number of thiazole rings is 1. The Morgan fingerprint density at radius 3 is 2.42 bits per heavy atom. The Balaban J connectivity index is 1.62. The molecule has 2 heterocycles. The quantitative estimate of drug-likeness (QED) is 0.579. The standard InChI is InChI=1S/C25H31N3O2S/c1-24(2,3)16-9-7-15(8-10-16)21(29)27-18-14-26-23-28(22(18)30)19-12-11-17(25(4,5)6)13-20(19)31-23/h7-10,14,17H,11-13H2,1-6H3,(H,27,29)/t17-/m0/s1. The molecule has 164 valence electrons. The van der Waals surface area contributed by atoms with Crippen LogP contribution in [0.1, 0.15) is 74.5 Å². The molecule has 0 unspecified atom stereocenters. The van der Waals surface area contributed by atoms with Crippen molar-refractivity contribution in [3.8, 4) is 0 Å². The molecule has 0 bridgehead atoms. The van der Waals surface area contributed by atoms with E-state index in [1.165, 1.54) is 11.1 Å². The summed E-state index contributed by atoms with van der Waals surface area (Å²) in [6, 6.07) is 7.53. The molecule has 2 aromatic heterocycles. The minimum atomic E-state index is -0.295. The van der Waals surface area contributed by atoms with Crippen molar-refractivity contribution in [3.63, 3.8) is 0 Å². The Morgan fingerprint density at radius 2 is 1.81 bits per heavy atom. The van der Waals surface area contributed by atoms with Crippen molar-refractivity contribution in [2.75, 3.05) is 5.32 Å². The van der Waals surface area contributed by atoms with Gasteiger partial charge < -0.3 is 5.32 Å². The predicted molar refractivity (Wildman–Crippen MR) is 127 cm³/mol. The summed E-state index contributed by atoms with van der Waals surface area (Å²) in [5, 5.41) is 2.78. The Bertz CT molecular complexity index is 1190. The second-order valence-electron chi connectivity index (χ2n) is 10.7. The van der Waals surface area contributed by atoms with E-state index in [1.807, 2.05) is 12.1 Å². The van der Waals surface area contributed by atoms with Crippen molar-refractivity contribution in [1.82, 2.24) is 9.38 Å². The fourth-order valence-corrected chi connectivity index (χ4v) is 5.44. The Morgan fingerprint density at radius 1 is 1.13 bits per heavy atom. The summed E-state index contributed by atoms with van der Waals surface area (Å²) in [5.41, 5.74) is 3.03. The van der Waals surface area contributed by atoms with E-state index in [1.54, 1.807) is 27.9 Å². The first-order valence-corrected chi connectivity index (χ1v) is 11.7. The van der Waals surface area contributed by atoms with E-state index in [0.717, 1.165) is 30.5 Å². The molecule has 0 saturated heterocycles. The highest BCUT2D eigenvalue weighted by Gasteiger charge is 2.31. The first kappa shape index (κ1) is 21.8. The van der Waals surface area contributed by atoms with Gasteiger partial charge in [0.25, 0.3) is 11.5 Å². The molecule has 31 heavy (non-hydrogen) atoms. The van der Waals surface area contributed by atoms with Crippen LogP contribution < -0.4 is 10.9 Å². The van der Waals surface area contributed by atoms with Crippen LogP contribution in [-0.4, -0.2) is 15.3 Å². The lowest BCUT2D eigenvalue weighted by molar-refractivity contribution is 0.102. The molecule has 0 spiro atoms. The fourth-order valence-electron chi connectivity index (χ4n) is 4.23. The number of nitrogens with zero attached hydrogens (tertiary/aromatic N) is 2. The molecule has 1 aromatic carbocycles. The van der Waals surface area contributed by atoms with Crippen LogP contribution in [0.4, 0.5) is 5.69 Å². The van der Waals surface area contributed by atoms with Crippen molar-refractivity contribution in [2.45, 2.75) is 66.2 Å². The van der Waals surface area contributed by atoms with E-state index < -0.39 is 0 Å². The molecule has 5 nitrogen and oxygen atoms in total. The van der Waals surface area contributed by atoms with Crippen LogP contribution in [0.2, 0.25) is 0 Å². The topological polar surface area (TPSA) is 63.5 Å². The van der Waals surface area contributed by atoms with Gasteiger partial charge in [0.2, 0.25) is 0 Å². The Labute approximate surface area is 187 Å². The van der Waals surface area contributed by atoms with E-state index in [2.05, 4.69) is 51.8 Å². The molecule has 1 N–H and O–H groups in total. The van der Waals surface area contributed by atoms with E-state index in [0.29, 0.717) is 16.4 Å². The second-order valence-corrected chi connectivity index (χ2v) is 11.7. The van der Waals surface area contributed by atoms with Gasteiger partial charge in [0.05, 0.1) is 6.20 Å². The first-order chi connectivity index (χ1) is 14.4. The molecular weight excluding hydrogens is 406 g/mol. The highest BCUT2D eigenvalue weighted by Crippen LogP contribution is 2.39. The van der Waals surface area contributed by atoms with Crippen LogP contribution >= 0.6 is 11.3 Å².